The minimum atomic E-state index is -0.144. The summed E-state index contributed by atoms with van der Waals surface area (Å²) in [6.07, 6.45) is 4.55. The second-order valence-corrected chi connectivity index (χ2v) is 5.59. The highest BCUT2D eigenvalue weighted by molar-refractivity contribution is 5.99. The maximum Gasteiger partial charge on any atom is 0.159 e. The molecule has 2 heteroatoms. The summed E-state index contributed by atoms with van der Waals surface area (Å²) in [4.78, 5) is 23.8. The molecule has 0 N–H and O–H groups in total. The van der Waals surface area contributed by atoms with Gasteiger partial charge in [0.05, 0.1) is 0 Å². The Morgan fingerprint density at radius 1 is 1.07 bits per heavy atom. The highest BCUT2D eigenvalue weighted by atomic mass is 16.1. The standard InChI is InChI=1S/C13H18O2/c1-13(2)7-10(14)6-9-4-3-5-11(9)12(15)8-13/h3-8H2,1-2H3. The third-order valence-electron chi connectivity index (χ3n) is 3.39. The summed E-state index contributed by atoms with van der Waals surface area (Å²) in [5.74, 6) is 0.599. The van der Waals surface area contributed by atoms with E-state index in [9.17, 15) is 9.59 Å². The van der Waals surface area contributed by atoms with Crippen LogP contribution in [0.25, 0.3) is 0 Å². The average Bonchev–Trinajstić information content (AvgIpc) is 2.47. The SMILES string of the molecule is CC1(C)CC(=O)CC2=C(CCC2)C(=O)C1. The Kier molecular flexibility index (Phi) is 2.53. The first kappa shape index (κ1) is 10.6. The molecular formula is C13H18O2. The fourth-order valence-electron chi connectivity index (χ4n) is 2.78. The van der Waals surface area contributed by atoms with Crippen LogP contribution < -0.4 is 0 Å². The summed E-state index contributed by atoms with van der Waals surface area (Å²) >= 11 is 0. The van der Waals surface area contributed by atoms with E-state index in [0.29, 0.717) is 30.8 Å². The molecule has 0 radical (unpaired) electrons. The van der Waals surface area contributed by atoms with Crippen LogP contribution in [0.15, 0.2) is 11.1 Å². The summed E-state index contributed by atoms with van der Waals surface area (Å²) in [5, 5.41) is 0. The molecule has 0 bridgehead atoms. The largest absolute Gasteiger partial charge is 0.299 e. The monoisotopic (exact) mass is 206 g/mol. The van der Waals surface area contributed by atoms with E-state index >= 15 is 0 Å². The quantitative estimate of drug-likeness (QED) is 0.610. The first-order chi connectivity index (χ1) is 6.98. The summed E-state index contributed by atoms with van der Waals surface area (Å²) in [6, 6.07) is 0. The topological polar surface area (TPSA) is 34.1 Å². The van der Waals surface area contributed by atoms with Gasteiger partial charge in [-0.05, 0) is 30.3 Å². The van der Waals surface area contributed by atoms with Gasteiger partial charge in [-0.3, -0.25) is 9.59 Å². The normalized spacial score (nSPS) is 26.3. The lowest BCUT2D eigenvalue weighted by atomic mass is 9.77. The van der Waals surface area contributed by atoms with Gasteiger partial charge < -0.3 is 0 Å². The van der Waals surface area contributed by atoms with Crippen molar-refractivity contribution in [2.75, 3.05) is 0 Å². The second kappa shape index (κ2) is 3.58. The molecule has 0 saturated heterocycles. The van der Waals surface area contributed by atoms with Crippen molar-refractivity contribution in [3.63, 3.8) is 0 Å². The first-order valence-corrected chi connectivity index (χ1v) is 5.74. The molecule has 0 atom stereocenters. The molecule has 82 valence electrons. The Balaban J connectivity index is 2.31. The van der Waals surface area contributed by atoms with Crippen molar-refractivity contribution < 1.29 is 9.59 Å². The zero-order valence-electron chi connectivity index (χ0n) is 9.56. The molecule has 0 aromatic carbocycles. The van der Waals surface area contributed by atoms with Crippen LogP contribution in [0.5, 0.6) is 0 Å². The van der Waals surface area contributed by atoms with Gasteiger partial charge in [0.1, 0.15) is 5.78 Å². The molecule has 0 aromatic rings. The van der Waals surface area contributed by atoms with Crippen LogP contribution in [0.2, 0.25) is 0 Å². The molecule has 2 aliphatic rings. The van der Waals surface area contributed by atoms with E-state index < -0.39 is 0 Å². The summed E-state index contributed by atoms with van der Waals surface area (Å²) in [7, 11) is 0. The lowest BCUT2D eigenvalue weighted by Gasteiger charge is -2.25. The molecule has 0 aliphatic heterocycles. The number of hydrogen-bond donors (Lipinski definition) is 0. The van der Waals surface area contributed by atoms with Crippen LogP contribution in [-0.4, -0.2) is 11.6 Å². The Morgan fingerprint density at radius 2 is 1.80 bits per heavy atom. The summed E-state index contributed by atoms with van der Waals surface area (Å²) in [5.41, 5.74) is 1.98. The van der Waals surface area contributed by atoms with Crippen molar-refractivity contribution in [1.29, 1.82) is 0 Å². The third-order valence-corrected chi connectivity index (χ3v) is 3.39. The van der Waals surface area contributed by atoms with Gasteiger partial charge in [-0.15, -0.1) is 0 Å². The van der Waals surface area contributed by atoms with E-state index in [1.54, 1.807) is 0 Å². The van der Waals surface area contributed by atoms with Gasteiger partial charge >= 0.3 is 0 Å². The molecule has 2 nitrogen and oxygen atoms in total. The third kappa shape index (κ3) is 2.19. The van der Waals surface area contributed by atoms with Crippen LogP contribution in [0.1, 0.15) is 52.4 Å². The number of allylic oxidation sites excluding steroid dienone is 2. The van der Waals surface area contributed by atoms with Gasteiger partial charge in [0.15, 0.2) is 5.78 Å². The van der Waals surface area contributed by atoms with Crippen molar-refractivity contribution in [1.82, 2.24) is 0 Å². The minimum Gasteiger partial charge on any atom is -0.299 e. The maximum absolute atomic E-state index is 12.0. The number of hydrogen-bond acceptors (Lipinski definition) is 2. The number of ketones is 2. The highest BCUT2D eigenvalue weighted by Gasteiger charge is 2.32. The van der Waals surface area contributed by atoms with Crippen LogP contribution in [0, 0.1) is 5.41 Å². The van der Waals surface area contributed by atoms with E-state index in [1.165, 1.54) is 0 Å². The molecule has 0 heterocycles. The molecule has 0 unspecified atom stereocenters. The van der Waals surface area contributed by atoms with Crippen molar-refractivity contribution >= 4 is 11.6 Å². The van der Waals surface area contributed by atoms with E-state index in [1.807, 2.05) is 13.8 Å². The minimum absolute atomic E-state index is 0.144. The Labute approximate surface area is 90.7 Å². The van der Waals surface area contributed by atoms with Crippen molar-refractivity contribution in [3.8, 4) is 0 Å². The highest BCUT2D eigenvalue weighted by Crippen LogP contribution is 2.37. The molecule has 15 heavy (non-hydrogen) atoms. The summed E-state index contributed by atoms with van der Waals surface area (Å²) < 4.78 is 0. The van der Waals surface area contributed by atoms with Gasteiger partial charge in [-0.25, -0.2) is 0 Å². The number of carbonyl (C=O) groups excluding carboxylic acids is 2. The number of rotatable bonds is 0. The fourth-order valence-corrected chi connectivity index (χ4v) is 2.78. The Hall–Kier alpha value is -0.920. The maximum atomic E-state index is 12.0. The zero-order chi connectivity index (χ0) is 11.1. The lowest BCUT2D eigenvalue weighted by Crippen LogP contribution is -2.24. The number of carbonyl (C=O) groups is 2. The van der Waals surface area contributed by atoms with Crippen LogP contribution in [-0.2, 0) is 9.59 Å². The molecular weight excluding hydrogens is 188 g/mol. The molecule has 2 aliphatic carbocycles. The fraction of sp³-hybridized carbons (Fsp3) is 0.692. The van der Waals surface area contributed by atoms with Gasteiger partial charge in [-0.2, -0.15) is 0 Å². The second-order valence-electron chi connectivity index (χ2n) is 5.59. The predicted molar refractivity (Wildman–Crippen MR) is 58.5 cm³/mol. The van der Waals surface area contributed by atoms with Gasteiger partial charge in [0.2, 0.25) is 0 Å². The molecule has 0 saturated carbocycles. The number of Topliss-reactive ketones (excluding diaryl/α,β-unsaturated/α-hetero) is 2. The Morgan fingerprint density at radius 3 is 2.53 bits per heavy atom. The first-order valence-electron chi connectivity index (χ1n) is 5.74. The van der Waals surface area contributed by atoms with Crippen LogP contribution in [0.3, 0.4) is 0 Å². The molecule has 0 spiro atoms. The van der Waals surface area contributed by atoms with Crippen molar-refractivity contribution in [2.24, 2.45) is 5.41 Å². The van der Waals surface area contributed by atoms with Gasteiger partial charge in [0.25, 0.3) is 0 Å². The van der Waals surface area contributed by atoms with Crippen molar-refractivity contribution in [2.45, 2.75) is 52.4 Å². The van der Waals surface area contributed by atoms with E-state index in [4.69, 9.17) is 0 Å². The predicted octanol–water partition coefficient (Wildman–Crippen LogP) is 2.82. The summed E-state index contributed by atoms with van der Waals surface area (Å²) in [6.45, 7) is 4.03. The van der Waals surface area contributed by atoms with Crippen molar-refractivity contribution in [3.05, 3.63) is 11.1 Å². The molecule has 0 fully saturated rings. The molecule has 2 rings (SSSR count). The van der Waals surface area contributed by atoms with Gasteiger partial charge in [-0.1, -0.05) is 19.4 Å². The lowest BCUT2D eigenvalue weighted by molar-refractivity contribution is -0.122. The van der Waals surface area contributed by atoms with E-state index in [2.05, 4.69) is 0 Å². The van der Waals surface area contributed by atoms with Gasteiger partial charge in [0, 0.05) is 19.3 Å². The smallest absolute Gasteiger partial charge is 0.159 e. The van der Waals surface area contributed by atoms with E-state index in [0.717, 1.165) is 30.4 Å². The average molecular weight is 206 g/mol. The Bertz CT molecular complexity index is 348. The molecule has 0 amide bonds. The van der Waals surface area contributed by atoms with Crippen LogP contribution in [0.4, 0.5) is 0 Å². The van der Waals surface area contributed by atoms with Crippen LogP contribution >= 0.6 is 0 Å². The molecule has 0 aromatic heterocycles. The van der Waals surface area contributed by atoms with E-state index in [-0.39, 0.29) is 5.41 Å². The zero-order valence-corrected chi connectivity index (χ0v) is 9.56.